The molecule has 0 atom stereocenters. The van der Waals surface area contributed by atoms with Crippen LogP contribution in [0.2, 0.25) is 0 Å². The number of esters is 1. The Morgan fingerprint density at radius 2 is 1.86 bits per heavy atom. The molecule has 1 saturated heterocycles. The second-order valence-electron chi connectivity index (χ2n) is 4.43. The van der Waals surface area contributed by atoms with Crippen LogP contribution in [0.4, 0.5) is 5.82 Å². The van der Waals surface area contributed by atoms with E-state index in [2.05, 4.69) is 10.2 Å². The molecule has 1 aliphatic heterocycles. The first-order valence-electron chi connectivity index (χ1n) is 6.74. The Labute approximate surface area is 134 Å². The van der Waals surface area contributed by atoms with Gasteiger partial charge in [0.1, 0.15) is 0 Å². The number of ether oxygens (including phenoxy) is 2. The number of halogens is 1. The van der Waals surface area contributed by atoms with Crippen LogP contribution in [0.1, 0.15) is 6.92 Å². The molecule has 122 valence electrons. The number of anilines is 1. The van der Waals surface area contributed by atoms with Crippen molar-refractivity contribution in [3.8, 4) is 5.88 Å². The van der Waals surface area contributed by atoms with Crippen molar-refractivity contribution in [2.75, 3.05) is 44.8 Å². The number of hydrogen-bond acceptors (Lipinski definition) is 7. The molecule has 0 aromatic carbocycles. The minimum absolute atomic E-state index is 0. The zero-order valence-corrected chi connectivity index (χ0v) is 13.3. The van der Waals surface area contributed by atoms with Crippen molar-refractivity contribution in [1.29, 1.82) is 0 Å². The van der Waals surface area contributed by atoms with Gasteiger partial charge in [0, 0.05) is 32.2 Å². The van der Waals surface area contributed by atoms with E-state index in [9.17, 15) is 9.59 Å². The van der Waals surface area contributed by atoms with Crippen molar-refractivity contribution in [2.24, 2.45) is 0 Å². The molecule has 8 nitrogen and oxygen atoms in total. The molecule has 0 unspecified atom stereocenters. The first-order chi connectivity index (χ1) is 10.2. The minimum atomic E-state index is -0.796. The molecule has 0 spiro atoms. The average Bonchev–Trinajstić information content (AvgIpc) is 2.54. The molecular formula is C13H19ClN4O4. The van der Waals surface area contributed by atoms with Gasteiger partial charge in [-0.2, -0.15) is 0 Å². The number of rotatable bonds is 3. The van der Waals surface area contributed by atoms with Gasteiger partial charge in [-0.25, -0.2) is 4.79 Å². The van der Waals surface area contributed by atoms with Crippen molar-refractivity contribution in [2.45, 2.75) is 6.92 Å². The van der Waals surface area contributed by atoms with Gasteiger partial charge in [-0.05, 0) is 13.0 Å². The van der Waals surface area contributed by atoms with E-state index in [1.54, 1.807) is 13.0 Å². The average molecular weight is 331 g/mol. The Morgan fingerprint density at radius 3 is 2.36 bits per heavy atom. The molecule has 0 bridgehead atoms. The first kappa shape index (κ1) is 18.0. The lowest BCUT2D eigenvalue weighted by Crippen LogP contribution is -2.51. The zero-order chi connectivity index (χ0) is 15.2. The predicted molar refractivity (Wildman–Crippen MR) is 81.3 cm³/mol. The number of nitrogens with zero attached hydrogens (tertiary/aromatic N) is 4. The summed E-state index contributed by atoms with van der Waals surface area (Å²) in [6, 6.07) is 3.55. The second kappa shape index (κ2) is 8.38. The highest BCUT2D eigenvalue weighted by molar-refractivity contribution is 6.32. The van der Waals surface area contributed by atoms with Crippen LogP contribution in [0.25, 0.3) is 0 Å². The summed E-state index contributed by atoms with van der Waals surface area (Å²) in [5.41, 5.74) is 0. The quantitative estimate of drug-likeness (QED) is 0.574. The van der Waals surface area contributed by atoms with Gasteiger partial charge in [0.05, 0.1) is 13.7 Å². The van der Waals surface area contributed by atoms with Crippen LogP contribution in [0.5, 0.6) is 5.88 Å². The molecule has 1 aromatic heterocycles. The Balaban J connectivity index is 0.00000242. The summed E-state index contributed by atoms with van der Waals surface area (Å²) < 4.78 is 9.67. The Morgan fingerprint density at radius 1 is 1.18 bits per heavy atom. The fourth-order valence-electron chi connectivity index (χ4n) is 2.05. The van der Waals surface area contributed by atoms with Crippen LogP contribution in [-0.2, 0) is 14.3 Å². The van der Waals surface area contributed by atoms with Crippen molar-refractivity contribution >= 4 is 30.1 Å². The van der Waals surface area contributed by atoms with Crippen LogP contribution in [0.15, 0.2) is 12.1 Å². The summed E-state index contributed by atoms with van der Waals surface area (Å²) in [7, 11) is 1.53. The highest BCUT2D eigenvalue weighted by atomic mass is 35.5. The van der Waals surface area contributed by atoms with Crippen LogP contribution in [0, 0.1) is 0 Å². The largest absolute Gasteiger partial charge is 0.480 e. The molecule has 2 rings (SSSR count). The van der Waals surface area contributed by atoms with E-state index in [-0.39, 0.29) is 19.0 Å². The van der Waals surface area contributed by atoms with E-state index < -0.39 is 11.9 Å². The Bertz CT molecular complexity index is 503. The van der Waals surface area contributed by atoms with Crippen LogP contribution in [-0.4, -0.2) is 66.9 Å². The molecular weight excluding hydrogens is 312 g/mol. The van der Waals surface area contributed by atoms with Gasteiger partial charge in [-0.15, -0.1) is 22.6 Å². The monoisotopic (exact) mass is 330 g/mol. The van der Waals surface area contributed by atoms with Gasteiger partial charge >= 0.3 is 11.9 Å². The lowest BCUT2D eigenvalue weighted by atomic mass is 10.3. The lowest BCUT2D eigenvalue weighted by molar-refractivity contribution is -0.160. The van der Waals surface area contributed by atoms with Gasteiger partial charge in [0.2, 0.25) is 5.88 Å². The SMILES string of the molecule is CCOC(=O)C(=O)N1CCN(c2ccc(OC)nn2)CC1.Cl. The number of aromatic nitrogens is 2. The zero-order valence-electron chi connectivity index (χ0n) is 12.5. The molecule has 22 heavy (non-hydrogen) atoms. The van der Waals surface area contributed by atoms with E-state index in [0.717, 1.165) is 5.82 Å². The van der Waals surface area contributed by atoms with Crippen molar-refractivity contribution in [3.05, 3.63) is 12.1 Å². The molecule has 0 N–H and O–H groups in total. The number of amides is 1. The summed E-state index contributed by atoms with van der Waals surface area (Å²) >= 11 is 0. The van der Waals surface area contributed by atoms with E-state index >= 15 is 0 Å². The lowest BCUT2D eigenvalue weighted by Gasteiger charge is -2.34. The number of methoxy groups -OCH3 is 1. The summed E-state index contributed by atoms with van der Waals surface area (Å²) in [5.74, 6) is -0.207. The van der Waals surface area contributed by atoms with E-state index in [0.29, 0.717) is 32.1 Å². The van der Waals surface area contributed by atoms with Gasteiger partial charge in [0.15, 0.2) is 5.82 Å². The fraction of sp³-hybridized carbons (Fsp3) is 0.538. The smallest absolute Gasteiger partial charge is 0.397 e. The number of hydrogen-bond donors (Lipinski definition) is 0. The Hall–Kier alpha value is -2.09. The summed E-state index contributed by atoms with van der Waals surface area (Å²) in [5, 5.41) is 7.97. The molecule has 1 aromatic rings. The maximum absolute atomic E-state index is 11.8. The van der Waals surface area contributed by atoms with Crippen LogP contribution >= 0.6 is 12.4 Å². The molecule has 1 aliphatic rings. The fourth-order valence-corrected chi connectivity index (χ4v) is 2.05. The highest BCUT2D eigenvalue weighted by Crippen LogP contribution is 2.15. The van der Waals surface area contributed by atoms with Gasteiger partial charge in [-0.1, -0.05) is 0 Å². The molecule has 2 heterocycles. The topological polar surface area (TPSA) is 84.9 Å². The van der Waals surface area contributed by atoms with Gasteiger partial charge in [-0.3, -0.25) is 4.79 Å². The molecule has 0 radical (unpaired) electrons. The van der Waals surface area contributed by atoms with Crippen molar-refractivity contribution in [3.63, 3.8) is 0 Å². The summed E-state index contributed by atoms with van der Waals surface area (Å²) in [6.07, 6.45) is 0. The number of carbonyl (C=O) groups is 2. The van der Waals surface area contributed by atoms with E-state index in [1.807, 2.05) is 11.0 Å². The van der Waals surface area contributed by atoms with Crippen molar-refractivity contribution < 1.29 is 19.1 Å². The van der Waals surface area contributed by atoms with Gasteiger partial charge in [0.25, 0.3) is 0 Å². The van der Waals surface area contributed by atoms with E-state index in [4.69, 9.17) is 9.47 Å². The molecule has 0 saturated carbocycles. The standard InChI is InChI=1S/C13H18N4O4.ClH/c1-3-21-13(19)12(18)17-8-6-16(7-9-17)10-4-5-11(20-2)15-14-10;/h4-5H,3,6-9H2,1-2H3;1H. The summed E-state index contributed by atoms with van der Waals surface area (Å²) in [6.45, 7) is 3.95. The third-order valence-corrected chi connectivity index (χ3v) is 3.18. The normalized spacial score (nSPS) is 14.1. The maximum atomic E-state index is 11.8. The Kier molecular flexibility index (Phi) is 6.84. The van der Waals surface area contributed by atoms with Crippen LogP contribution < -0.4 is 9.64 Å². The first-order valence-corrected chi connectivity index (χ1v) is 6.74. The highest BCUT2D eigenvalue weighted by Gasteiger charge is 2.27. The third kappa shape index (κ3) is 4.20. The molecule has 9 heteroatoms. The van der Waals surface area contributed by atoms with E-state index in [1.165, 1.54) is 12.0 Å². The maximum Gasteiger partial charge on any atom is 0.397 e. The van der Waals surface area contributed by atoms with Crippen molar-refractivity contribution in [1.82, 2.24) is 15.1 Å². The predicted octanol–water partition coefficient (Wildman–Crippen LogP) is 0.119. The molecule has 1 amide bonds. The third-order valence-electron chi connectivity index (χ3n) is 3.18. The summed E-state index contributed by atoms with van der Waals surface area (Å²) in [4.78, 5) is 26.7. The second-order valence-corrected chi connectivity index (χ2v) is 4.43. The molecule has 0 aliphatic carbocycles. The molecule has 1 fully saturated rings. The number of piperazine rings is 1. The number of carbonyl (C=O) groups excluding carboxylic acids is 2. The van der Waals surface area contributed by atoms with Gasteiger partial charge < -0.3 is 19.3 Å². The minimum Gasteiger partial charge on any atom is -0.480 e. The van der Waals surface area contributed by atoms with Crippen LogP contribution in [0.3, 0.4) is 0 Å².